The number of nitrogens with zero attached hydrogens (tertiary/aromatic N) is 2. The number of carboxylic acid groups (broad SMARTS) is 1. The number of carboxylic acids is 1. The molecule has 0 saturated heterocycles. The van der Waals surface area contributed by atoms with Crippen LogP contribution in [-0.4, -0.2) is 21.0 Å². The number of carbonyl (C=O) groups is 1. The predicted molar refractivity (Wildman–Crippen MR) is 79.2 cm³/mol. The fourth-order valence-electron chi connectivity index (χ4n) is 2.00. The normalized spacial score (nSPS) is 14.4. The molecule has 2 N–H and O–H groups in total. The Labute approximate surface area is 121 Å². The average Bonchev–Trinajstić information content (AvgIpc) is 3.13. The molecule has 106 valence electrons. The van der Waals surface area contributed by atoms with Crippen molar-refractivity contribution in [1.29, 1.82) is 0 Å². The molecule has 0 aromatic carbocycles. The molecule has 0 amide bonds. The molecule has 6 heteroatoms. The molecule has 1 saturated carbocycles. The standard InChI is InChI=1S/C8H7N3S.C6H10O2/c1-2-4-9-7(3-1)11-8-10-5-6-12-8;7-6(8)5-3-1-2-4-5/h1-6H,(H,9,10,11);5H,1-4H2,(H,7,8). The van der Waals surface area contributed by atoms with Crippen molar-refractivity contribution in [1.82, 2.24) is 9.97 Å². The number of aromatic nitrogens is 2. The van der Waals surface area contributed by atoms with E-state index >= 15 is 0 Å². The second-order valence-corrected chi connectivity index (χ2v) is 5.39. The van der Waals surface area contributed by atoms with Crippen LogP contribution in [0.25, 0.3) is 0 Å². The lowest BCUT2D eigenvalue weighted by Crippen LogP contribution is -2.07. The lowest BCUT2D eigenvalue weighted by Gasteiger charge is -1.98. The summed E-state index contributed by atoms with van der Waals surface area (Å²) < 4.78 is 0. The first-order chi connectivity index (χ1) is 9.75. The topological polar surface area (TPSA) is 75.1 Å². The van der Waals surface area contributed by atoms with Crippen LogP contribution in [0.4, 0.5) is 10.9 Å². The summed E-state index contributed by atoms with van der Waals surface area (Å²) in [5.74, 6) is 0.199. The Morgan fingerprint density at radius 2 is 2.05 bits per heavy atom. The average molecular weight is 291 g/mol. The van der Waals surface area contributed by atoms with Gasteiger partial charge in [0.1, 0.15) is 5.82 Å². The van der Waals surface area contributed by atoms with Gasteiger partial charge in [0.2, 0.25) is 0 Å². The molecule has 0 bridgehead atoms. The highest BCUT2D eigenvalue weighted by Crippen LogP contribution is 2.24. The van der Waals surface area contributed by atoms with Crippen LogP contribution in [0.3, 0.4) is 0 Å². The number of nitrogens with one attached hydrogen (secondary N) is 1. The SMILES string of the molecule is O=C(O)C1CCCC1.c1ccc(Nc2nccs2)nc1. The van der Waals surface area contributed by atoms with E-state index < -0.39 is 5.97 Å². The third-order valence-electron chi connectivity index (χ3n) is 3.04. The first-order valence-corrected chi connectivity index (χ1v) is 7.44. The van der Waals surface area contributed by atoms with E-state index in [0.717, 1.165) is 36.6 Å². The van der Waals surface area contributed by atoms with E-state index in [1.807, 2.05) is 23.6 Å². The fraction of sp³-hybridized carbons (Fsp3) is 0.357. The second-order valence-electron chi connectivity index (χ2n) is 4.50. The Hall–Kier alpha value is -1.95. The van der Waals surface area contributed by atoms with Crippen LogP contribution in [0.15, 0.2) is 36.0 Å². The first-order valence-electron chi connectivity index (χ1n) is 6.56. The summed E-state index contributed by atoms with van der Waals surface area (Å²) in [6, 6.07) is 5.72. The molecule has 2 heterocycles. The lowest BCUT2D eigenvalue weighted by molar-refractivity contribution is -0.141. The Kier molecular flexibility index (Phi) is 5.49. The predicted octanol–water partition coefficient (Wildman–Crippen LogP) is 3.54. The molecule has 1 fully saturated rings. The van der Waals surface area contributed by atoms with E-state index in [0.29, 0.717) is 0 Å². The van der Waals surface area contributed by atoms with Gasteiger partial charge in [-0.1, -0.05) is 18.9 Å². The molecule has 2 aromatic heterocycles. The number of pyridine rings is 1. The van der Waals surface area contributed by atoms with Gasteiger partial charge in [-0.2, -0.15) is 0 Å². The van der Waals surface area contributed by atoms with E-state index in [2.05, 4.69) is 15.3 Å². The lowest BCUT2D eigenvalue weighted by atomic mass is 10.1. The van der Waals surface area contributed by atoms with Crippen LogP contribution in [0.5, 0.6) is 0 Å². The molecule has 3 rings (SSSR count). The van der Waals surface area contributed by atoms with Gasteiger partial charge in [-0.3, -0.25) is 4.79 Å². The smallest absolute Gasteiger partial charge is 0.306 e. The van der Waals surface area contributed by atoms with Gasteiger partial charge in [0.25, 0.3) is 0 Å². The summed E-state index contributed by atoms with van der Waals surface area (Å²) in [5, 5.41) is 14.3. The molecule has 0 aliphatic heterocycles. The minimum atomic E-state index is -0.609. The van der Waals surface area contributed by atoms with Crippen LogP contribution in [0, 0.1) is 5.92 Å². The second kappa shape index (κ2) is 7.59. The molecule has 2 aromatic rings. The fourth-order valence-corrected chi connectivity index (χ4v) is 2.54. The van der Waals surface area contributed by atoms with Crippen LogP contribution in [-0.2, 0) is 4.79 Å². The minimum absolute atomic E-state index is 0.0185. The summed E-state index contributed by atoms with van der Waals surface area (Å²) in [6.45, 7) is 0. The molecule has 5 nitrogen and oxygen atoms in total. The van der Waals surface area contributed by atoms with Gasteiger partial charge < -0.3 is 10.4 Å². The summed E-state index contributed by atoms with van der Waals surface area (Å²) in [6.07, 6.45) is 7.52. The zero-order valence-electron chi connectivity index (χ0n) is 11.0. The maximum atomic E-state index is 10.2. The highest BCUT2D eigenvalue weighted by Gasteiger charge is 2.21. The Morgan fingerprint density at radius 1 is 1.25 bits per heavy atom. The highest BCUT2D eigenvalue weighted by atomic mass is 32.1. The van der Waals surface area contributed by atoms with Crippen molar-refractivity contribution in [3.63, 3.8) is 0 Å². The number of anilines is 2. The zero-order valence-corrected chi connectivity index (χ0v) is 11.8. The van der Waals surface area contributed by atoms with Crippen molar-refractivity contribution in [2.45, 2.75) is 25.7 Å². The minimum Gasteiger partial charge on any atom is -0.481 e. The maximum Gasteiger partial charge on any atom is 0.306 e. The number of aliphatic carboxylic acids is 1. The van der Waals surface area contributed by atoms with Gasteiger partial charge in [-0.15, -0.1) is 11.3 Å². The summed E-state index contributed by atoms with van der Waals surface area (Å²) in [4.78, 5) is 18.4. The molecule has 20 heavy (non-hydrogen) atoms. The molecular formula is C14H17N3O2S. The van der Waals surface area contributed by atoms with Gasteiger partial charge >= 0.3 is 5.97 Å². The molecule has 0 radical (unpaired) electrons. The Balaban J connectivity index is 0.000000160. The van der Waals surface area contributed by atoms with Gasteiger partial charge in [0.15, 0.2) is 5.13 Å². The number of thiazole rings is 1. The van der Waals surface area contributed by atoms with Crippen LogP contribution in [0.2, 0.25) is 0 Å². The Bertz CT molecular complexity index is 510. The van der Waals surface area contributed by atoms with E-state index in [-0.39, 0.29) is 5.92 Å². The summed E-state index contributed by atoms with van der Waals surface area (Å²) in [5.41, 5.74) is 0. The highest BCUT2D eigenvalue weighted by molar-refractivity contribution is 7.13. The molecule has 1 aliphatic rings. The van der Waals surface area contributed by atoms with Crippen LogP contribution in [0.1, 0.15) is 25.7 Å². The largest absolute Gasteiger partial charge is 0.481 e. The third-order valence-corrected chi connectivity index (χ3v) is 3.73. The zero-order chi connectivity index (χ0) is 14.2. The first kappa shape index (κ1) is 14.5. The molecular weight excluding hydrogens is 274 g/mol. The monoisotopic (exact) mass is 291 g/mol. The van der Waals surface area contributed by atoms with Crippen molar-refractivity contribution >= 4 is 28.3 Å². The summed E-state index contributed by atoms with van der Waals surface area (Å²) in [7, 11) is 0. The van der Waals surface area contributed by atoms with E-state index in [4.69, 9.17) is 5.11 Å². The molecule has 0 spiro atoms. The van der Waals surface area contributed by atoms with E-state index in [9.17, 15) is 4.79 Å². The van der Waals surface area contributed by atoms with Crippen LogP contribution < -0.4 is 5.32 Å². The third kappa shape index (κ3) is 4.62. The van der Waals surface area contributed by atoms with Gasteiger partial charge in [0.05, 0.1) is 5.92 Å². The Morgan fingerprint density at radius 3 is 2.55 bits per heavy atom. The van der Waals surface area contributed by atoms with Crippen molar-refractivity contribution < 1.29 is 9.90 Å². The summed E-state index contributed by atoms with van der Waals surface area (Å²) >= 11 is 1.56. The number of hydrogen-bond acceptors (Lipinski definition) is 5. The van der Waals surface area contributed by atoms with Crippen molar-refractivity contribution in [2.75, 3.05) is 5.32 Å². The molecule has 1 aliphatic carbocycles. The van der Waals surface area contributed by atoms with Crippen LogP contribution >= 0.6 is 11.3 Å². The maximum absolute atomic E-state index is 10.2. The molecule has 0 unspecified atom stereocenters. The molecule has 0 atom stereocenters. The number of hydrogen-bond donors (Lipinski definition) is 2. The van der Waals surface area contributed by atoms with E-state index in [1.54, 1.807) is 23.7 Å². The van der Waals surface area contributed by atoms with Crippen molar-refractivity contribution in [2.24, 2.45) is 5.92 Å². The van der Waals surface area contributed by atoms with Crippen molar-refractivity contribution in [3.05, 3.63) is 36.0 Å². The number of rotatable bonds is 3. The quantitative estimate of drug-likeness (QED) is 0.904. The van der Waals surface area contributed by atoms with Gasteiger partial charge in [-0.05, 0) is 25.0 Å². The van der Waals surface area contributed by atoms with Crippen molar-refractivity contribution in [3.8, 4) is 0 Å². The van der Waals surface area contributed by atoms with E-state index in [1.165, 1.54) is 0 Å². The van der Waals surface area contributed by atoms with Gasteiger partial charge in [0, 0.05) is 17.8 Å². The van der Waals surface area contributed by atoms with Gasteiger partial charge in [-0.25, -0.2) is 9.97 Å².